The molecule has 106 valence electrons. The number of aromatic nitrogens is 1. The highest BCUT2D eigenvalue weighted by Crippen LogP contribution is 2.09. The minimum atomic E-state index is 0.799. The summed E-state index contributed by atoms with van der Waals surface area (Å²) in [7, 11) is 3.88. The molecule has 0 aromatic carbocycles. The van der Waals surface area contributed by atoms with E-state index in [-0.39, 0.29) is 0 Å². The van der Waals surface area contributed by atoms with Crippen LogP contribution in [0.25, 0.3) is 0 Å². The van der Waals surface area contributed by atoms with Crippen LogP contribution in [0.3, 0.4) is 0 Å². The summed E-state index contributed by atoms with van der Waals surface area (Å²) < 4.78 is 0. The predicted octanol–water partition coefficient (Wildman–Crippen LogP) is 1.16. The fourth-order valence-electron chi connectivity index (χ4n) is 2.11. The minimum absolute atomic E-state index is 0.799. The second-order valence-corrected chi connectivity index (χ2v) is 5.95. The second-order valence-electron chi connectivity index (χ2n) is 4.88. The quantitative estimate of drug-likeness (QED) is 0.650. The summed E-state index contributed by atoms with van der Waals surface area (Å²) in [5, 5.41) is 6.63. The number of hydrogen-bond acceptors (Lipinski definition) is 4. The summed E-state index contributed by atoms with van der Waals surface area (Å²) in [5.74, 6) is 0.936. The van der Waals surface area contributed by atoms with Gasteiger partial charge in [-0.1, -0.05) is 0 Å². The van der Waals surface area contributed by atoms with Crippen molar-refractivity contribution in [3.05, 3.63) is 16.1 Å². The molecular weight excluding hydrogens is 258 g/mol. The third-order valence-electron chi connectivity index (χ3n) is 3.30. The van der Waals surface area contributed by atoms with E-state index in [0.717, 1.165) is 36.3 Å². The smallest absolute Gasteiger partial charge is 0.193 e. The Morgan fingerprint density at radius 1 is 1.58 bits per heavy atom. The molecule has 1 fully saturated rings. The fraction of sp³-hybridized carbons (Fsp3) is 0.692. The van der Waals surface area contributed by atoms with Gasteiger partial charge >= 0.3 is 0 Å². The van der Waals surface area contributed by atoms with Gasteiger partial charge in [0.2, 0.25) is 0 Å². The van der Waals surface area contributed by atoms with Gasteiger partial charge in [0.25, 0.3) is 0 Å². The molecule has 2 rings (SSSR count). The van der Waals surface area contributed by atoms with Crippen LogP contribution in [-0.2, 0) is 6.54 Å². The number of nitrogens with one attached hydrogen (secondary N) is 1. The van der Waals surface area contributed by atoms with E-state index >= 15 is 0 Å². The van der Waals surface area contributed by atoms with E-state index in [4.69, 9.17) is 0 Å². The second kappa shape index (κ2) is 6.86. The maximum absolute atomic E-state index is 4.48. The normalized spacial score (nSPS) is 16.3. The molecule has 1 saturated heterocycles. The number of guanidine groups is 1. The SMILES string of the molecule is CN=C(NCCN1CCC1)N(C)Cc1csc(C)n1. The topological polar surface area (TPSA) is 43.8 Å². The number of aryl methyl sites for hydroxylation is 1. The van der Waals surface area contributed by atoms with E-state index < -0.39 is 0 Å². The highest BCUT2D eigenvalue weighted by Gasteiger charge is 2.13. The van der Waals surface area contributed by atoms with Gasteiger partial charge in [0.05, 0.1) is 17.2 Å². The van der Waals surface area contributed by atoms with Crippen molar-refractivity contribution in [2.75, 3.05) is 40.3 Å². The van der Waals surface area contributed by atoms with Crippen LogP contribution in [0, 0.1) is 6.92 Å². The third kappa shape index (κ3) is 4.18. The van der Waals surface area contributed by atoms with E-state index in [1.165, 1.54) is 19.5 Å². The van der Waals surface area contributed by atoms with Gasteiger partial charge in [-0.05, 0) is 26.4 Å². The van der Waals surface area contributed by atoms with Gasteiger partial charge in [-0.3, -0.25) is 4.99 Å². The van der Waals surface area contributed by atoms with Gasteiger partial charge in [0, 0.05) is 32.6 Å². The average molecular weight is 281 g/mol. The first-order valence-electron chi connectivity index (χ1n) is 6.74. The molecule has 1 aromatic heterocycles. The Hall–Kier alpha value is -1.14. The third-order valence-corrected chi connectivity index (χ3v) is 4.12. The maximum Gasteiger partial charge on any atom is 0.193 e. The number of rotatable bonds is 5. The van der Waals surface area contributed by atoms with Crippen molar-refractivity contribution in [3.63, 3.8) is 0 Å². The standard InChI is InChI=1S/C13H23N5S/c1-11-16-12(10-19-11)9-17(3)13(14-2)15-5-8-18-6-4-7-18/h10H,4-9H2,1-3H3,(H,14,15). The van der Waals surface area contributed by atoms with Gasteiger partial charge in [-0.15, -0.1) is 11.3 Å². The van der Waals surface area contributed by atoms with Crippen molar-refractivity contribution in [2.45, 2.75) is 19.9 Å². The molecule has 6 heteroatoms. The zero-order valence-corrected chi connectivity index (χ0v) is 12.8. The van der Waals surface area contributed by atoms with Crippen LogP contribution in [-0.4, -0.2) is 61.0 Å². The van der Waals surface area contributed by atoms with E-state index in [9.17, 15) is 0 Å². The molecule has 2 heterocycles. The lowest BCUT2D eigenvalue weighted by atomic mass is 10.2. The van der Waals surface area contributed by atoms with Crippen LogP contribution in [0.2, 0.25) is 0 Å². The van der Waals surface area contributed by atoms with Crippen LogP contribution >= 0.6 is 11.3 Å². The van der Waals surface area contributed by atoms with Crippen molar-refractivity contribution in [1.29, 1.82) is 0 Å². The lowest BCUT2D eigenvalue weighted by molar-refractivity contribution is 0.184. The van der Waals surface area contributed by atoms with Crippen LogP contribution < -0.4 is 5.32 Å². The zero-order valence-electron chi connectivity index (χ0n) is 12.0. The highest BCUT2D eigenvalue weighted by molar-refractivity contribution is 7.09. The molecule has 0 radical (unpaired) electrons. The molecule has 0 atom stereocenters. The highest BCUT2D eigenvalue weighted by atomic mass is 32.1. The summed E-state index contributed by atoms with van der Waals surface area (Å²) in [5.41, 5.74) is 1.11. The molecule has 0 spiro atoms. The first-order valence-corrected chi connectivity index (χ1v) is 7.62. The van der Waals surface area contributed by atoms with E-state index in [1.54, 1.807) is 11.3 Å². The van der Waals surface area contributed by atoms with E-state index in [2.05, 4.69) is 30.5 Å². The molecule has 1 aliphatic rings. The van der Waals surface area contributed by atoms with Crippen molar-refractivity contribution in [2.24, 2.45) is 4.99 Å². The Labute approximate surface area is 119 Å². The van der Waals surface area contributed by atoms with Crippen molar-refractivity contribution < 1.29 is 0 Å². The van der Waals surface area contributed by atoms with Crippen LogP contribution in [0.4, 0.5) is 0 Å². The van der Waals surface area contributed by atoms with Crippen molar-refractivity contribution in [1.82, 2.24) is 20.1 Å². The number of aliphatic imine (C=N–C) groups is 1. The Balaban J connectivity index is 1.76. The summed E-state index contributed by atoms with van der Waals surface area (Å²) in [4.78, 5) is 13.4. The molecule has 0 amide bonds. The molecule has 1 N–H and O–H groups in total. The number of thiazole rings is 1. The fourth-order valence-corrected chi connectivity index (χ4v) is 2.72. The first-order chi connectivity index (χ1) is 9.19. The Morgan fingerprint density at radius 2 is 2.37 bits per heavy atom. The van der Waals surface area contributed by atoms with Gasteiger partial charge in [-0.25, -0.2) is 4.98 Å². The van der Waals surface area contributed by atoms with Gasteiger partial charge < -0.3 is 15.1 Å². The molecule has 5 nitrogen and oxygen atoms in total. The molecule has 0 bridgehead atoms. The molecule has 19 heavy (non-hydrogen) atoms. The Bertz CT molecular complexity index is 424. The van der Waals surface area contributed by atoms with Crippen molar-refractivity contribution in [3.8, 4) is 0 Å². The number of likely N-dealkylation sites (tertiary alicyclic amines) is 1. The van der Waals surface area contributed by atoms with Gasteiger partial charge in [0.1, 0.15) is 0 Å². The average Bonchev–Trinajstić information content (AvgIpc) is 2.72. The first kappa shape index (κ1) is 14.3. The molecular formula is C13H23N5S. The van der Waals surface area contributed by atoms with Crippen LogP contribution in [0.5, 0.6) is 0 Å². The molecule has 0 aliphatic carbocycles. The van der Waals surface area contributed by atoms with Crippen molar-refractivity contribution >= 4 is 17.3 Å². The Morgan fingerprint density at radius 3 is 2.89 bits per heavy atom. The lowest BCUT2D eigenvalue weighted by Gasteiger charge is -2.31. The minimum Gasteiger partial charge on any atom is -0.355 e. The number of nitrogens with zero attached hydrogens (tertiary/aromatic N) is 4. The summed E-state index contributed by atoms with van der Waals surface area (Å²) in [6.45, 7) is 7.38. The van der Waals surface area contributed by atoms with Crippen LogP contribution in [0.15, 0.2) is 10.4 Å². The monoisotopic (exact) mass is 281 g/mol. The van der Waals surface area contributed by atoms with E-state index in [0.29, 0.717) is 0 Å². The largest absolute Gasteiger partial charge is 0.355 e. The maximum atomic E-state index is 4.48. The zero-order chi connectivity index (χ0) is 13.7. The number of hydrogen-bond donors (Lipinski definition) is 1. The Kier molecular flexibility index (Phi) is 5.15. The predicted molar refractivity (Wildman–Crippen MR) is 80.7 cm³/mol. The molecule has 0 unspecified atom stereocenters. The lowest BCUT2D eigenvalue weighted by Crippen LogP contribution is -2.45. The van der Waals surface area contributed by atoms with Gasteiger partial charge in [-0.2, -0.15) is 0 Å². The summed E-state index contributed by atoms with van der Waals surface area (Å²) in [6.07, 6.45) is 1.35. The van der Waals surface area contributed by atoms with Crippen LogP contribution in [0.1, 0.15) is 17.1 Å². The summed E-state index contributed by atoms with van der Waals surface area (Å²) >= 11 is 1.69. The van der Waals surface area contributed by atoms with Gasteiger partial charge in [0.15, 0.2) is 5.96 Å². The molecule has 0 saturated carbocycles. The molecule has 1 aliphatic heterocycles. The van der Waals surface area contributed by atoms with E-state index in [1.807, 2.05) is 21.0 Å². The molecule has 1 aromatic rings. The summed E-state index contributed by atoms with van der Waals surface area (Å²) in [6, 6.07) is 0.